The molecule has 0 aliphatic heterocycles. The first-order valence-corrected chi connectivity index (χ1v) is 2.13. The molecule has 0 N–H and O–H groups in total. The number of halogens is 1. The highest BCUT2D eigenvalue weighted by molar-refractivity contribution is 6.25. The van der Waals surface area contributed by atoms with Crippen LogP contribution in [0.3, 0.4) is 0 Å². The van der Waals surface area contributed by atoms with Crippen LogP contribution in [0.1, 0.15) is 0 Å². The predicted molar refractivity (Wildman–Crippen MR) is 29.4 cm³/mol. The van der Waals surface area contributed by atoms with Crippen molar-refractivity contribution in [2.24, 2.45) is 5.16 Å². The molecule has 2 nitrogen and oxygen atoms in total. The lowest BCUT2D eigenvalue weighted by atomic mass is 10.7. The third-order valence-electron chi connectivity index (χ3n) is 0.334. The van der Waals surface area contributed by atoms with Gasteiger partial charge in [-0.2, -0.15) is 0 Å². The maximum Gasteiger partial charge on any atom is 0.136 e. The molecule has 0 spiro atoms. The van der Waals surface area contributed by atoms with Crippen LogP contribution in [-0.2, 0) is 4.84 Å². The molecule has 0 fully saturated rings. The first kappa shape index (κ1) is 6.50. The largest absolute Gasteiger partial charge is 0.391 e. The van der Waals surface area contributed by atoms with Gasteiger partial charge in [-0.1, -0.05) is 16.8 Å². The summed E-state index contributed by atoms with van der Waals surface area (Å²) in [7, 11) is 0. The van der Waals surface area contributed by atoms with E-state index in [9.17, 15) is 0 Å². The Morgan fingerprint density at radius 1 is 1.86 bits per heavy atom. The lowest BCUT2D eigenvalue weighted by Gasteiger charge is -1.84. The summed E-state index contributed by atoms with van der Waals surface area (Å²) in [6.45, 7) is 4.93. The molecule has 0 saturated heterocycles. The zero-order valence-electron chi connectivity index (χ0n) is 3.67. The maximum atomic E-state index is 5.09. The number of hydrogen-bond acceptors (Lipinski definition) is 2. The maximum absolute atomic E-state index is 5.09. The third-order valence-corrected chi connectivity index (χ3v) is 0.513. The van der Waals surface area contributed by atoms with Gasteiger partial charge in [-0.15, -0.1) is 0 Å². The van der Waals surface area contributed by atoms with E-state index in [1.807, 2.05) is 0 Å². The summed E-state index contributed by atoms with van der Waals surface area (Å²) in [4.78, 5) is 4.31. The van der Waals surface area contributed by atoms with Crippen molar-refractivity contribution in [3.8, 4) is 0 Å². The monoisotopic (exact) mass is 118 g/mol. The summed E-state index contributed by atoms with van der Waals surface area (Å²) in [5.74, 6) is 0. The second kappa shape index (κ2) is 5.50. The van der Waals surface area contributed by atoms with E-state index in [2.05, 4.69) is 16.7 Å². The molecule has 0 aromatic heterocycles. The second-order valence-corrected chi connectivity index (χ2v) is 1.01. The van der Waals surface area contributed by atoms with Gasteiger partial charge in [0.1, 0.15) is 6.61 Å². The smallest absolute Gasteiger partial charge is 0.136 e. The molecule has 0 amide bonds. The van der Waals surface area contributed by atoms with Gasteiger partial charge < -0.3 is 4.84 Å². The number of rotatable bonds is 3. The lowest BCUT2D eigenvalue weighted by molar-refractivity contribution is 0.178. The normalized spacial score (nSPS) is 9.29. The Morgan fingerprint density at radius 2 is 2.57 bits per heavy atom. The average Bonchev–Trinajstić information content (AvgIpc) is 1.69. The minimum absolute atomic E-state index is 0.333. The van der Waals surface area contributed by atoms with Crippen molar-refractivity contribution >= 4 is 18.3 Å². The van der Waals surface area contributed by atoms with Crippen LogP contribution in [0.4, 0.5) is 0 Å². The molecule has 1 radical (unpaired) electrons. The Morgan fingerprint density at radius 3 is 3.00 bits per heavy atom. The highest BCUT2D eigenvalue weighted by Gasteiger charge is 1.67. The molecular formula is C4H5ClNO. The molecule has 3 heteroatoms. The highest BCUT2D eigenvalue weighted by Crippen LogP contribution is 1.78. The van der Waals surface area contributed by atoms with E-state index in [1.54, 1.807) is 6.08 Å². The zero-order valence-corrected chi connectivity index (χ0v) is 4.43. The highest BCUT2D eigenvalue weighted by atomic mass is 35.5. The molecule has 0 aromatic carbocycles. The van der Waals surface area contributed by atoms with Gasteiger partial charge in [0, 0.05) is 5.54 Å². The van der Waals surface area contributed by atoms with Gasteiger partial charge in [0.2, 0.25) is 0 Å². The molecule has 0 aliphatic rings. The van der Waals surface area contributed by atoms with E-state index >= 15 is 0 Å². The first-order chi connectivity index (χ1) is 3.41. The number of nitrogens with zero attached hydrogens (tertiary/aromatic N) is 1. The van der Waals surface area contributed by atoms with Gasteiger partial charge in [0.15, 0.2) is 0 Å². The Bertz CT molecular complexity index is 72.1. The SMILES string of the molecule is [CH]=NOC/C=C/Cl. The van der Waals surface area contributed by atoms with E-state index < -0.39 is 0 Å². The summed E-state index contributed by atoms with van der Waals surface area (Å²) < 4.78 is 0. The molecule has 0 atom stereocenters. The van der Waals surface area contributed by atoms with Crippen molar-refractivity contribution in [2.45, 2.75) is 0 Å². The molecule has 39 valence electrons. The van der Waals surface area contributed by atoms with Crippen molar-refractivity contribution in [1.82, 2.24) is 0 Å². The topological polar surface area (TPSA) is 21.6 Å². The van der Waals surface area contributed by atoms with Crippen molar-refractivity contribution in [1.29, 1.82) is 0 Å². The summed E-state index contributed by atoms with van der Waals surface area (Å²) in [6, 6.07) is 0. The van der Waals surface area contributed by atoms with Gasteiger partial charge in [0.05, 0.1) is 6.72 Å². The van der Waals surface area contributed by atoms with Crippen molar-refractivity contribution in [2.75, 3.05) is 6.61 Å². The molecule has 0 rings (SSSR count). The zero-order chi connectivity index (χ0) is 5.54. The first-order valence-electron chi connectivity index (χ1n) is 1.69. The molecule has 0 unspecified atom stereocenters. The minimum atomic E-state index is 0.333. The fraction of sp³-hybridized carbons (Fsp3) is 0.250. The lowest BCUT2D eigenvalue weighted by Crippen LogP contribution is -1.76. The van der Waals surface area contributed by atoms with Crippen LogP contribution < -0.4 is 0 Å². The molecule has 0 aliphatic carbocycles. The van der Waals surface area contributed by atoms with Crippen LogP contribution in [-0.4, -0.2) is 13.3 Å². The van der Waals surface area contributed by atoms with Gasteiger partial charge in [0.25, 0.3) is 0 Å². The van der Waals surface area contributed by atoms with Crippen molar-refractivity contribution in [3.05, 3.63) is 11.6 Å². The quantitative estimate of drug-likeness (QED) is 0.311. The average molecular weight is 119 g/mol. The van der Waals surface area contributed by atoms with E-state index in [1.165, 1.54) is 5.54 Å². The summed E-state index contributed by atoms with van der Waals surface area (Å²) >= 11 is 5.09. The van der Waals surface area contributed by atoms with E-state index in [0.717, 1.165) is 0 Å². The van der Waals surface area contributed by atoms with Crippen LogP contribution in [0.15, 0.2) is 16.8 Å². The van der Waals surface area contributed by atoms with Crippen molar-refractivity contribution in [3.63, 3.8) is 0 Å². The fourth-order valence-corrected chi connectivity index (χ4v) is 0.195. The molecule has 0 heterocycles. The van der Waals surface area contributed by atoms with Gasteiger partial charge in [-0.05, 0) is 6.08 Å². The Labute approximate surface area is 47.4 Å². The van der Waals surface area contributed by atoms with E-state index in [4.69, 9.17) is 11.6 Å². The summed E-state index contributed by atoms with van der Waals surface area (Å²) in [6.07, 6.45) is 1.58. The Hall–Kier alpha value is -0.500. The molecule has 7 heavy (non-hydrogen) atoms. The van der Waals surface area contributed by atoms with Gasteiger partial charge in [-0.3, -0.25) is 0 Å². The minimum Gasteiger partial charge on any atom is -0.391 e. The predicted octanol–water partition coefficient (Wildman–Crippen LogP) is 1.25. The molecule has 0 bridgehead atoms. The standard InChI is InChI=1S/C4H5ClNO/c1-6-7-4-2-3-5/h1-3H,4H2/b3-2+,6-1?. The van der Waals surface area contributed by atoms with E-state index in [0.29, 0.717) is 6.61 Å². The molecular weight excluding hydrogens is 114 g/mol. The van der Waals surface area contributed by atoms with Crippen LogP contribution in [0.25, 0.3) is 0 Å². The van der Waals surface area contributed by atoms with Crippen LogP contribution in [0, 0.1) is 0 Å². The third kappa shape index (κ3) is 5.50. The molecule has 0 saturated carbocycles. The summed E-state index contributed by atoms with van der Waals surface area (Å²) in [5.41, 5.74) is 1.34. The Balaban J connectivity index is 2.82. The summed E-state index contributed by atoms with van der Waals surface area (Å²) in [5, 5.41) is 2.86. The van der Waals surface area contributed by atoms with Crippen LogP contribution >= 0.6 is 11.6 Å². The van der Waals surface area contributed by atoms with Crippen LogP contribution in [0.5, 0.6) is 0 Å². The molecule has 0 aromatic rings. The van der Waals surface area contributed by atoms with Crippen molar-refractivity contribution < 1.29 is 4.84 Å². The van der Waals surface area contributed by atoms with Crippen LogP contribution in [0.2, 0.25) is 0 Å². The fourth-order valence-electron chi connectivity index (χ4n) is 0.122. The Kier molecular flexibility index (Phi) is 5.11. The number of hydrogen-bond donors (Lipinski definition) is 0. The second-order valence-electron chi connectivity index (χ2n) is 0.763. The van der Waals surface area contributed by atoms with E-state index in [-0.39, 0.29) is 0 Å². The van der Waals surface area contributed by atoms with Gasteiger partial charge in [-0.25, -0.2) is 0 Å². The van der Waals surface area contributed by atoms with Gasteiger partial charge >= 0.3 is 0 Å².